The third kappa shape index (κ3) is 6.20. The maximum absolute atomic E-state index is 5.68. The lowest BCUT2D eigenvalue weighted by molar-refractivity contribution is 0.0616. The van der Waals surface area contributed by atoms with Crippen molar-refractivity contribution in [2.24, 2.45) is 0 Å². The van der Waals surface area contributed by atoms with Gasteiger partial charge in [-0.2, -0.15) is 0 Å². The molecule has 0 aromatic heterocycles. The maximum atomic E-state index is 5.68. The minimum atomic E-state index is 0.293. The molecule has 1 aromatic rings. The number of nitrogens with one attached hydrogen (secondary N) is 1. The number of halogens is 1. The van der Waals surface area contributed by atoms with Crippen LogP contribution in [-0.4, -0.2) is 25.3 Å². The van der Waals surface area contributed by atoms with Gasteiger partial charge in [0.2, 0.25) is 0 Å². The third-order valence-electron chi connectivity index (χ3n) is 2.52. The molecule has 17 heavy (non-hydrogen) atoms. The van der Waals surface area contributed by atoms with Crippen LogP contribution in [0, 0.1) is 0 Å². The highest BCUT2D eigenvalue weighted by atomic mass is 79.9. The predicted molar refractivity (Wildman–Crippen MR) is 76.4 cm³/mol. The molecular weight excluding hydrogens is 278 g/mol. The molecule has 0 aliphatic heterocycles. The van der Waals surface area contributed by atoms with Crippen molar-refractivity contribution in [3.63, 3.8) is 0 Å². The van der Waals surface area contributed by atoms with Crippen LogP contribution in [0.1, 0.15) is 26.3 Å². The van der Waals surface area contributed by atoms with E-state index in [-0.39, 0.29) is 0 Å². The van der Waals surface area contributed by atoms with Crippen LogP contribution in [-0.2, 0) is 11.2 Å². The molecule has 96 valence electrons. The van der Waals surface area contributed by atoms with Crippen LogP contribution in [0.5, 0.6) is 0 Å². The van der Waals surface area contributed by atoms with Gasteiger partial charge >= 0.3 is 0 Å². The van der Waals surface area contributed by atoms with Gasteiger partial charge in [0, 0.05) is 10.5 Å². The minimum Gasteiger partial charge on any atom is -0.377 e. The van der Waals surface area contributed by atoms with Gasteiger partial charge in [-0.25, -0.2) is 0 Å². The van der Waals surface area contributed by atoms with Crippen molar-refractivity contribution in [3.8, 4) is 0 Å². The van der Waals surface area contributed by atoms with E-state index in [0.717, 1.165) is 24.0 Å². The van der Waals surface area contributed by atoms with Crippen molar-refractivity contribution in [1.29, 1.82) is 0 Å². The molecule has 0 radical (unpaired) electrons. The minimum absolute atomic E-state index is 0.293. The molecule has 3 heteroatoms. The zero-order valence-electron chi connectivity index (χ0n) is 10.9. The fourth-order valence-corrected chi connectivity index (χ4v) is 1.96. The zero-order valence-corrected chi connectivity index (χ0v) is 12.5. The van der Waals surface area contributed by atoms with Gasteiger partial charge in [-0.05, 0) is 44.5 Å². The summed E-state index contributed by atoms with van der Waals surface area (Å²) in [6, 6.07) is 8.88. The van der Waals surface area contributed by atoms with E-state index >= 15 is 0 Å². The van der Waals surface area contributed by atoms with Crippen LogP contribution in [0.4, 0.5) is 0 Å². The summed E-state index contributed by atoms with van der Waals surface area (Å²) in [4.78, 5) is 0. The van der Waals surface area contributed by atoms with Crippen molar-refractivity contribution in [3.05, 3.63) is 34.3 Å². The lowest BCUT2D eigenvalue weighted by atomic mass is 10.1. The highest BCUT2D eigenvalue weighted by Crippen LogP contribution is 2.12. The van der Waals surface area contributed by atoms with Crippen molar-refractivity contribution < 1.29 is 4.74 Å². The molecular formula is C14H22BrNO. The Morgan fingerprint density at radius 1 is 1.24 bits per heavy atom. The second-order valence-corrected chi connectivity index (χ2v) is 5.38. The van der Waals surface area contributed by atoms with E-state index in [1.54, 1.807) is 0 Å². The first kappa shape index (κ1) is 14.7. The summed E-state index contributed by atoms with van der Waals surface area (Å²) in [5, 5.41) is 3.46. The highest BCUT2D eigenvalue weighted by Gasteiger charge is 2.09. The third-order valence-corrected chi connectivity index (χ3v) is 3.05. The molecule has 0 aliphatic rings. The number of ether oxygens (including phenoxy) is 1. The van der Waals surface area contributed by atoms with Crippen molar-refractivity contribution >= 4 is 15.9 Å². The number of hydrogen-bond acceptors (Lipinski definition) is 2. The first-order chi connectivity index (χ1) is 8.11. The topological polar surface area (TPSA) is 21.3 Å². The Kier molecular flexibility index (Phi) is 6.78. The van der Waals surface area contributed by atoms with Gasteiger partial charge in [0.1, 0.15) is 0 Å². The Bertz CT molecular complexity index is 311. The Labute approximate surface area is 113 Å². The Balaban J connectivity index is 2.50. The zero-order chi connectivity index (χ0) is 12.7. The van der Waals surface area contributed by atoms with Gasteiger partial charge in [-0.1, -0.05) is 35.0 Å². The van der Waals surface area contributed by atoms with Gasteiger partial charge in [0.25, 0.3) is 0 Å². The molecule has 0 fully saturated rings. The summed E-state index contributed by atoms with van der Waals surface area (Å²) in [5.41, 5.74) is 1.34. The second kappa shape index (κ2) is 7.85. The van der Waals surface area contributed by atoms with Crippen LogP contribution in [0.25, 0.3) is 0 Å². The Morgan fingerprint density at radius 3 is 2.41 bits per heavy atom. The Hall–Kier alpha value is -0.380. The molecule has 0 heterocycles. The molecule has 0 saturated heterocycles. The average Bonchev–Trinajstić information content (AvgIpc) is 2.29. The van der Waals surface area contributed by atoms with E-state index in [1.807, 2.05) is 0 Å². The van der Waals surface area contributed by atoms with Gasteiger partial charge in [-0.15, -0.1) is 0 Å². The fraction of sp³-hybridized carbons (Fsp3) is 0.571. The average molecular weight is 300 g/mol. The van der Waals surface area contributed by atoms with Gasteiger partial charge < -0.3 is 10.1 Å². The number of likely N-dealkylation sites (N-methyl/N-ethyl adjacent to an activating group) is 1. The van der Waals surface area contributed by atoms with Crippen LogP contribution in [0.15, 0.2) is 28.7 Å². The van der Waals surface area contributed by atoms with Crippen LogP contribution in [0.3, 0.4) is 0 Å². The first-order valence-electron chi connectivity index (χ1n) is 6.21. The van der Waals surface area contributed by atoms with Crippen LogP contribution < -0.4 is 5.32 Å². The Morgan fingerprint density at radius 2 is 1.88 bits per heavy atom. The molecule has 1 aromatic carbocycles. The summed E-state index contributed by atoms with van der Waals surface area (Å²) in [5.74, 6) is 0. The summed E-state index contributed by atoms with van der Waals surface area (Å²) >= 11 is 3.45. The smallest absolute Gasteiger partial charge is 0.0626 e. The van der Waals surface area contributed by atoms with E-state index in [0.29, 0.717) is 12.1 Å². The van der Waals surface area contributed by atoms with E-state index < -0.39 is 0 Å². The molecule has 1 N–H and O–H groups in total. The van der Waals surface area contributed by atoms with Crippen LogP contribution in [0.2, 0.25) is 0 Å². The summed E-state index contributed by atoms with van der Waals surface area (Å²) in [6.07, 6.45) is 1.30. The van der Waals surface area contributed by atoms with E-state index in [1.165, 1.54) is 5.56 Å². The largest absolute Gasteiger partial charge is 0.377 e. The predicted octanol–water partition coefficient (Wildman–Crippen LogP) is 3.39. The molecule has 2 nitrogen and oxygen atoms in total. The monoisotopic (exact) mass is 299 g/mol. The molecule has 0 saturated carbocycles. The second-order valence-electron chi connectivity index (χ2n) is 4.47. The normalized spacial score (nSPS) is 13.0. The SMILES string of the molecule is CCNC(COC(C)C)Cc1ccc(Br)cc1. The lowest BCUT2D eigenvalue weighted by Gasteiger charge is -2.19. The molecule has 0 aliphatic carbocycles. The summed E-state index contributed by atoms with van der Waals surface area (Å²) in [7, 11) is 0. The van der Waals surface area contributed by atoms with Gasteiger partial charge in [0.15, 0.2) is 0 Å². The van der Waals surface area contributed by atoms with Crippen LogP contribution >= 0.6 is 15.9 Å². The summed E-state index contributed by atoms with van der Waals surface area (Å²) < 4.78 is 6.81. The van der Waals surface area contributed by atoms with Crippen molar-refractivity contribution in [1.82, 2.24) is 5.32 Å². The molecule has 1 unspecified atom stereocenters. The van der Waals surface area contributed by atoms with E-state index in [4.69, 9.17) is 4.74 Å². The molecule has 0 amide bonds. The number of hydrogen-bond donors (Lipinski definition) is 1. The van der Waals surface area contributed by atoms with E-state index in [2.05, 4.69) is 66.3 Å². The van der Waals surface area contributed by atoms with Crippen molar-refractivity contribution in [2.75, 3.05) is 13.2 Å². The quantitative estimate of drug-likeness (QED) is 0.833. The van der Waals surface area contributed by atoms with Crippen molar-refractivity contribution in [2.45, 2.75) is 39.3 Å². The highest BCUT2D eigenvalue weighted by molar-refractivity contribution is 9.10. The molecule has 0 spiro atoms. The maximum Gasteiger partial charge on any atom is 0.0626 e. The van der Waals surface area contributed by atoms with Gasteiger partial charge in [-0.3, -0.25) is 0 Å². The number of benzene rings is 1. The van der Waals surface area contributed by atoms with Gasteiger partial charge in [0.05, 0.1) is 12.7 Å². The molecule has 0 bridgehead atoms. The lowest BCUT2D eigenvalue weighted by Crippen LogP contribution is -2.36. The summed E-state index contributed by atoms with van der Waals surface area (Å²) in [6.45, 7) is 8.01. The number of rotatable bonds is 7. The first-order valence-corrected chi connectivity index (χ1v) is 7.00. The van der Waals surface area contributed by atoms with E-state index in [9.17, 15) is 0 Å². The molecule has 1 atom stereocenters. The standard InChI is InChI=1S/C14H22BrNO/c1-4-16-14(10-17-11(2)3)9-12-5-7-13(15)8-6-12/h5-8,11,14,16H,4,9-10H2,1-3H3. The molecule has 1 rings (SSSR count). The fourth-order valence-electron chi connectivity index (χ4n) is 1.69.